The number of nitrogens with one attached hydrogen (secondary N) is 1. The minimum atomic E-state index is -4.18. The summed E-state index contributed by atoms with van der Waals surface area (Å²) in [5.74, 6) is -4.81. The predicted molar refractivity (Wildman–Crippen MR) is 76.6 cm³/mol. The lowest BCUT2D eigenvalue weighted by molar-refractivity contribution is -0.109. The average Bonchev–Trinajstić information content (AvgIpc) is 2.50. The van der Waals surface area contributed by atoms with Crippen molar-refractivity contribution in [2.24, 2.45) is 0 Å². The average molecular weight is 343 g/mol. The second-order valence-corrected chi connectivity index (χ2v) is 6.85. The maximum Gasteiger partial charge on any atom is 0.208 e. The third kappa shape index (κ3) is 3.37. The van der Waals surface area contributed by atoms with E-state index < -0.39 is 38.2 Å². The number of aryl methyl sites for hydroxylation is 1. The third-order valence-electron chi connectivity index (χ3n) is 3.19. The van der Waals surface area contributed by atoms with Gasteiger partial charge in [0.05, 0.1) is 4.90 Å². The molecule has 0 saturated carbocycles. The maximum absolute atomic E-state index is 13.4. The molecule has 1 amide bonds. The molecule has 23 heavy (non-hydrogen) atoms. The molecule has 0 aliphatic rings. The van der Waals surface area contributed by atoms with E-state index >= 15 is 0 Å². The van der Waals surface area contributed by atoms with Crippen molar-refractivity contribution in [3.8, 4) is 0 Å². The zero-order chi connectivity index (χ0) is 17.2. The van der Waals surface area contributed by atoms with Gasteiger partial charge in [0.2, 0.25) is 16.2 Å². The zero-order valence-corrected chi connectivity index (χ0v) is 12.7. The Kier molecular flexibility index (Phi) is 4.74. The van der Waals surface area contributed by atoms with Crippen molar-refractivity contribution in [2.75, 3.05) is 0 Å². The van der Waals surface area contributed by atoms with Crippen molar-refractivity contribution in [3.05, 3.63) is 65.0 Å². The van der Waals surface area contributed by atoms with Crippen LogP contribution in [0.15, 0.2) is 41.3 Å². The van der Waals surface area contributed by atoms with Crippen molar-refractivity contribution in [3.63, 3.8) is 0 Å². The molecule has 0 aromatic heterocycles. The summed E-state index contributed by atoms with van der Waals surface area (Å²) >= 11 is 0. The smallest absolute Gasteiger partial charge is 0.208 e. The van der Waals surface area contributed by atoms with Crippen LogP contribution in [-0.4, -0.2) is 14.8 Å². The highest BCUT2D eigenvalue weighted by molar-refractivity contribution is 7.91. The number of carbonyl (C=O) groups excluding carboxylic acids is 1. The summed E-state index contributed by atoms with van der Waals surface area (Å²) in [7, 11) is -4.18. The van der Waals surface area contributed by atoms with E-state index in [4.69, 9.17) is 0 Å². The first kappa shape index (κ1) is 17.0. The van der Waals surface area contributed by atoms with Gasteiger partial charge >= 0.3 is 0 Å². The molecule has 2 rings (SSSR count). The minimum Gasteiger partial charge on any atom is -0.338 e. The summed E-state index contributed by atoms with van der Waals surface area (Å²) in [5, 5.41) is 0.259. The van der Waals surface area contributed by atoms with E-state index in [1.165, 1.54) is 24.3 Å². The molecule has 2 aromatic rings. The maximum atomic E-state index is 13.4. The summed E-state index contributed by atoms with van der Waals surface area (Å²) in [5.41, 5.74) is 0.386. The summed E-state index contributed by atoms with van der Waals surface area (Å²) in [6, 6.07) is 6.75. The van der Waals surface area contributed by atoms with Crippen molar-refractivity contribution in [2.45, 2.75) is 17.2 Å². The number of hydrogen-bond donors (Lipinski definition) is 1. The fourth-order valence-electron chi connectivity index (χ4n) is 2.02. The fourth-order valence-corrected chi connectivity index (χ4v) is 3.53. The van der Waals surface area contributed by atoms with Gasteiger partial charge in [-0.25, -0.2) is 21.6 Å². The molecule has 1 atom stereocenters. The standard InChI is InChI=1S/C15H12F3NO3S/c1-9-2-4-11(5-3-9)23(21,22)15(19-8-20)10-6-12(16)14(18)13(17)7-10/h2-8,15H,1H3,(H,19,20). The molecular weight excluding hydrogens is 331 g/mol. The number of rotatable bonds is 5. The topological polar surface area (TPSA) is 63.2 Å². The molecule has 4 nitrogen and oxygen atoms in total. The molecule has 2 aromatic carbocycles. The quantitative estimate of drug-likeness (QED) is 0.671. The molecule has 8 heteroatoms. The molecule has 0 radical (unpaired) electrons. The first-order valence-corrected chi connectivity index (χ1v) is 7.96. The van der Waals surface area contributed by atoms with Crippen molar-refractivity contribution in [1.82, 2.24) is 5.32 Å². The number of carbonyl (C=O) groups is 1. The van der Waals surface area contributed by atoms with Gasteiger partial charge in [-0.2, -0.15) is 0 Å². The van der Waals surface area contributed by atoms with Crippen molar-refractivity contribution >= 4 is 16.2 Å². The molecule has 0 heterocycles. The van der Waals surface area contributed by atoms with Crippen LogP contribution in [-0.2, 0) is 14.6 Å². The van der Waals surface area contributed by atoms with E-state index in [0.29, 0.717) is 12.1 Å². The normalized spacial score (nSPS) is 12.7. The van der Waals surface area contributed by atoms with E-state index in [1.54, 1.807) is 6.92 Å². The van der Waals surface area contributed by atoms with Gasteiger partial charge in [-0.15, -0.1) is 0 Å². The zero-order valence-electron chi connectivity index (χ0n) is 11.9. The van der Waals surface area contributed by atoms with Gasteiger partial charge in [-0.3, -0.25) is 4.79 Å². The van der Waals surface area contributed by atoms with E-state index in [0.717, 1.165) is 5.56 Å². The molecule has 0 aliphatic heterocycles. The van der Waals surface area contributed by atoms with Crippen LogP contribution in [0, 0.1) is 24.4 Å². The molecule has 122 valence electrons. The van der Waals surface area contributed by atoms with E-state index in [9.17, 15) is 26.4 Å². The van der Waals surface area contributed by atoms with Crippen LogP contribution in [0.2, 0.25) is 0 Å². The lowest BCUT2D eigenvalue weighted by Gasteiger charge is -2.18. The van der Waals surface area contributed by atoms with Gasteiger partial charge in [0.15, 0.2) is 22.8 Å². The molecule has 0 spiro atoms. The lowest BCUT2D eigenvalue weighted by atomic mass is 10.2. The summed E-state index contributed by atoms with van der Waals surface area (Å²) < 4.78 is 64.9. The molecule has 0 fully saturated rings. The Balaban J connectivity index is 2.57. The van der Waals surface area contributed by atoms with E-state index in [-0.39, 0.29) is 11.3 Å². The van der Waals surface area contributed by atoms with E-state index in [2.05, 4.69) is 0 Å². The first-order valence-electron chi connectivity index (χ1n) is 6.42. The fraction of sp³-hybridized carbons (Fsp3) is 0.133. The Morgan fingerprint density at radius 2 is 1.57 bits per heavy atom. The largest absolute Gasteiger partial charge is 0.338 e. The second-order valence-electron chi connectivity index (χ2n) is 4.82. The van der Waals surface area contributed by atoms with Gasteiger partial charge in [0.1, 0.15) is 0 Å². The van der Waals surface area contributed by atoms with Gasteiger partial charge in [-0.1, -0.05) is 17.7 Å². The lowest BCUT2D eigenvalue weighted by Crippen LogP contribution is -2.28. The Labute approximate surface area is 130 Å². The monoisotopic (exact) mass is 343 g/mol. The van der Waals surface area contributed by atoms with Crippen molar-refractivity contribution < 1.29 is 26.4 Å². The Bertz CT molecular complexity index is 813. The Morgan fingerprint density at radius 3 is 2.04 bits per heavy atom. The van der Waals surface area contributed by atoms with Crippen LogP contribution >= 0.6 is 0 Å². The molecular formula is C15H12F3NO3S. The minimum absolute atomic E-state index is 0.0928. The van der Waals surface area contributed by atoms with Crippen LogP contribution in [0.3, 0.4) is 0 Å². The van der Waals surface area contributed by atoms with Gasteiger partial charge in [-0.05, 0) is 36.8 Å². The number of sulfone groups is 1. The highest BCUT2D eigenvalue weighted by atomic mass is 32.2. The highest BCUT2D eigenvalue weighted by Crippen LogP contribution is 2.28. The van der Waals surface area contributed by atoms with Gasteiger partial charge in [0.25, 0.3) is 0 Å². The SMILES string of the molecule is Cc1ccc(S(=O)(=O)C(NC=O)c2cc(F)c(F)c(F)c2)cc1. The third-order valence-corrected chi connectivity index (χ3v) is 5.15. The summed E-state index contributed by atoms with van der Waals surface area (Å²) in [4.78, 5) is 10.6. The molecule has 0 bridgehead atoms. The van der Waals surface area contributed by atoms with Gasteiger partial charge < -0.3 is 5.32 Å². The number of amides is 1. The molecule has 1 unspecified atom stereocenters. The van der Waals surface area contributed by atoms with Crippen LogP contribution in [0.4, 0.5) is 13.2 Å². The Morgan fingerprint density at radius 1 is 1.04 bits per heavy atom. The number of hydrogen-bond acceptors (Lipinski definition) is 3. The van der Waals surface area contributed by atoms with E-state index in [1.807, 2.05) is 5.32 Å². The van der Waals surface area contributed by atoms with Crippen molar-refractivity contribution in [1.29, 1.82) is 0 Å². The number of benzene rings is 2. The second kappa shape index (κ2) is 6.41. The Hall–Kier alpha value is -2.35. The van der Waals surface area contributed by atoms with Crippen LogP contribution < -0.4 is 5.32 Å². The highest BCUT2D eigenvalue weighted by Gasteiger charge is 2.30. The number of halogens is 3. The predicted octanol–water partition coefficient (Wildman–Crippen LogP) is 2.63. The van der Waals surface area contributed by atoms with Crippen LogP contribution in [0.25, 0.3) is 0 Å². The molecule has 0 aliphatic carbocycles. The summed E-state index contributed by atoms with van der Waals surface area (Å²) in [6.07, 6.45) is 0.0928. The molecule has 0 saturated heterocycles. The van der Waals surface area contributed by atoms with Gasteiger partial charge in [0, 0.05) is 0 Å². The van der Waals surface area contributed by atoms with Crippen LogP contribution in [0.5, 0.6) is 0 Å². The summed E-state index contributed by atoms with van der Waals surface area (Å²) in [6.45, 7) is 1.75. The van der Waals surface area contributed by atoms with Crippen LogP contribution in [0.1, 0.15) is 16.5 Å². The first-order chi connectivity index (χ1) is 10.8. The molecule has 1 N–H and O–H groups in total.